The number of carboxylic acid groups (broad SMARTS) is 1. The number of rotatable bonds is 6. The quantitative estimate of drug-likeness (QED) is 0.752. The van der Waals surface area contributed by atoms with Crippen LogP contribution >= 0.6 is 0 Å². The van der Waals surface area contributed by atoms with Crippen LogP contribution in [0, 0.1) is 11.7 Å². The van der Waals surface area contributed by atoms with Gasteiger partial charge in [0.25, 0.3) is 0 Å². The van der Waals surface area contributed by atoms with Crippen molar-refractivity contribution in [3.8, 4) is 0 Å². The van der Waals surface area contributed by atoms with Crippen molar-refractivity contribution in [2.75, 3.05) is 5.32 Å². The minimum absolute atomic E-state index is 0.0503. The molecule has 0 saturated carbocycles. The normalized spacial score (nSPS) is 13.3. The SMILES string of the molecule is CCC(C)CC(C)NC(=O)Nc1cc(C(=O)O)ccc1F. The Balaban J connectivity index is 2.66. The van der Waals surface area contributed by atoms with Gasteiger partial charge in [0.1, 0.15) is 5.82 Å². The van der Waals surface area contributed by atoms with Crippen LogP contribution in [0.2, 0.25) is 0 Å². The van der Waals surface area contributed by atoms with Gasteiger partial charge in [0.2, 0.25) is 0 Å². The maximum absolute atomic E-state index is 13.6. The average Bonchev–Trinajstić information content (AvgIpc) is 2.40. The number of benzene rings is 1. The molecule has 0 heterocycles. The largest absolute Gasteiger partial charge is 0.478 e. The predicted octanol–water partition coefficient (Wildman–Crippen LogP) is 3.47. The van der Waals surface area contributed by atoms with Crippen LogP contribution in [0.25, 0.3) is 0 Å². The van der Waals surface area contributed by atoms with E-state index < -0.39 is 17.8 Å². The molecule has 21 heavy (non-hydrogen) atoms. The van der Waals surface area contributed by atoms with Gasteiger partial charge in [-0.2, -0.15) is 0 Å². The second kappa shape index (κ2) is 7.61. The van der Waals surface area contributed by atoms with Gasteiger partial charge in [0.05, 0.1) is 11.3 Å². The molecule has 0 aromatic heterocycles. The lowest BCUT2D eigenvalue weighted by molar-refractivity contribution is 0.0697. The molecular weight excluding hydrogens is 275 g/mol. The fraction of sp³-hybridized carbons (Fsp3) is 0.467. The number of nitrogens with one attached hydrogen (secondary N) is 2. The zero-order chi connectivity index (χ0) is 16.0. The molecule has 2 unspecified atom stereocenters. The van der Waals surface area contributed by atoms with Gasteiger partial charge in [-0.05, 0) is 37.5 Å². The molecule has 1 aromatic carbocycles. The van der Waals surface area contributed by atoms with E-state index in [0.29, 0.717) is 5.92 Å². The lowest BCUT2D eigenvalue weighted by Crippen LogP contribution is -2.37. The molecule has 1 rings (SSSR count). The van der Waals surface area contributed by atoms with Gasteiger partial charge in [-0.15, -0.1) is 0 Å². The van der Waals surface area contributed by atoms with Gasteiger partial charge < -0.3 is 15.7 Å². The number of halogens is 1. The summed E-state index contributed by atoms with van der Waals surface area (Å²) in [7, 11) is 0. The molecule has 0 fully saturated rings. The summed E-state index contributed by atoms with van der Waals surface area (Å²) in [6.07, 6.45) is 1.84. The summed E-state index contributed by atoms with van der Waals surface area (Å²) < 4.78 is 13.6. The molecule has 0 saturated heterocycles. The monoisotopic (exact) mass is 296 g/mol. The molecule has 0 bridgehead atoms. The highest BCUT2D eigenvalue weighted by Gasteiger charge is 2.13. The van der Waals surface area contributed by atoms with Crippen molar-refractivity contribution >= 4 is 17.7 Å². The fourth-order valence-corrected chi connectivity index (χ4v) is 1.97. The van der Waals surface area contributed by atoms with E-state index in [1.807, 2.05) is 6.92 Å². The summed E-state index contributed by atoms with van der Waals surface area (Å²) in [6, 6.07) is 2.66. The minimum Gasteiger partial charge on any atom is -0.478 e. The van der Waals surface area contributed by atoms with E-state index >= 15 is 0 Å². The van der Waals surface area contributed by atoms with Crippen LogP contribution in [-0.2, 0) is 0 Å². The van der Waals surface area contributed by atoms with Gasteiger partial charge in [-0.1, -0.05) is 20.3 Å². The van der Waals surface area contributed by atoms with Crippen molar-refractivity contribution in [2.45, 2.75) is 39.7 Å². The van der Waals surface area contributed by atoms with Gasteiger partial charge >= 0.3 is 12.0 Å². The Morgan fingerprint density at radius 1 is 1.33 bits per heavy atom. The van der Waals surface area contributed by atoms with E-state index in [1.165, 1.54) is 0 Å². The topological polar surface area (TPSA) is 78.4 Å². The fourth-order valence-electron chi connectivity index (χ4n) is 1.97. The second-order valence-corrected chi connectivity index (χ2v) is 5.25. The maximum atomic E-state index is 13.6. The van der Waals surface area contributed by atoms with Crippen molar-refractivity contribution in [1.29, 1.82) is 0 Å². The van der Waals surface area contributed by atoms with Gasteiger partial charge in [-0.3, -0.25) is 0 Å². The molecule has 5 nitrogen and oxygen atoms in total. The summed E-state index contributed by atoms with van der Waals surface area (Å²) in [5, 5.41) is 13.9. The molecule has 0 radical (unpaired) electrons. The molecular formula is C15H21FN2O3. The Kier molecular flexibility index (Phi) is 6.14. The molecule has 116 valence electrons. The highest BCUT2D eigenvalue weighted by molar-refractivity contribution is 5.93. The van der Waals surface area contributed by atoms with Gasteiger partial charge in [0.15, 0.2) is 0 Å². The van der Waals surface area contributed by atoms with E-state index in [1.54, 1.807) is 0 Å². The third kappa shape index (κ3) is 5.41. The lowest BCUT2D eigenvalue weighted by atomic mass is 10.0. The Morgan fingerprint density at radius 3 is 2.57 bits per heavy atom. The first-order chi connectivity index (χ1) is 9.83. The zero-order valence-corrected chi connectivity index (χ0v) is 12.4. The molecule has 2 atom stereocenters. The first kappa shape index (κ1) is 16.9. The lowest BCUT2D eigenvalue weighted by Gasteiger charge is -2.18. The number of hydrogen-bond donors (Lipinski definition) is 3. The zero-order valence-electron chi connectivity index (χ0n) is 12.4. The molecule has 2 amide bonds. The molecule has 0 aliphatic rings. The number of carbonyl (C=O) groups excluding carboxylic acids is 1. The standard InChI is InChI=1S/C15H21FN2O3/c1-4-9(2)7-10(3)17-15(21)18-13-8-11(14(19)20)5-6-12(13)16/h5-6,8-10H,4,7H2,1-3H3,(H,19,20)(H2,17,18,21). The number of hydrogen-bond acceptors (Lipinski definition) is 2. The second-order valence-electron chi connectivity index (χ2n) is 5.25. The van der Waals surface area contributed by atoms with Crippen LogP contribution in [-0.4, -0.2) is 23.1 Å². The number of anilines is 1. The minimum atomic E-state index is -1.18. The first-order valence-electron chi connectivity index (χ1n) is 6.93. The van der Waals surface area contributed by atoms with E-state index in [9.17, 15) is 14.0 Å². The number of carbonyl (C=O) groups is 2. The van der Waals surface area contributed by atoms with E-state index in [4.69, 9.17) is 5.11 Å². The van der Waals surface area contributed by atoms with Crippen LogP contribution in [0.1, 0.15) is 44.0 Å². The maximum Gasteiger partial charge on any atom is 0.335 e. The van der Waals surface area contributed by atoms with Crippen molar-refractivity contribution in [3.05, 3.63) is 29.6 Å². The Morgan fingerprint density at radius 2 is 2.00 bits per heavy atom. The van der Waals surface area contributed by atoms with E-state index in [2.05, 4.69) is 24.5 Å². The van der Waals surface area contributed by atoms with Gasteiger partial charge in [-0.25, -0.2) is 14.0 Å². The van der Waals surface area contributed by atoms with Crippen molar-refractivity contribution < 1.29 is 19.1 Å². The molecule has 0 aliphatic carbocycles. The number of aromatic carboxylic acids is 1. The number of urea groups is 1. The van der Waals surface area contributed by atoms with E-state index in [-0.39, 0.29) is 17.3 Å². The van der Waals surface area contributed by atoms with Crippen molar-refractivity contribution in [1.82, 2.24) is 5.32 Å². The highest BCUT2D eigenvalue weighted by atomic mass is 19.1. The molecule has 3 N–H and O–H groups in total. The Labute approximate surface area is 123 Å². The molecule has 6 heteroatoms. The Bertz CT molecular complexity index is 520. The summed E-state index contributed by atoms with van der Waals surface area (Å²) >= 11 is 0. The van der Waals surface area contributed by atoms with Crippen LogP contribution in [0.15, 0.2) is 18.2 Å². The van der Waals surface area contributed by atoms with Crippen molar-refractivity contribution in [2.24, 2.45) is 5.92 Å². The van der Waals surface area contributed by atoms with Crippen LogP contribution < -0.4 is 10.6 Å². The van der Waals surface area contributed by atoms with E-state index in [0.717, 1.165) is 31.0 Å². The summed E-state index contributed by atoms with van der Waals surface area (Å²) in [5.41, 5.74) is -0.234. The Hall–Kier alpha value is -2.11. The third-order valence-electron chi connectivity index (χ3n) is 3.29. The number of carboxylic acids is 1. The van der Waals surface area contributed by atoms with Crippen LogP contribution in [0.5, 0.6) is 0 Å². The summed E-state index contributed by atoms with van der Waals surface area (Å²) in [5.74, 6) is -1.37. The molecule has 0 spiro atoms. The predicted molar refractivity (Wildman–Crippen MR) is 79.0 cm³/mol. The average molecular weight is 296 g/mol. The molecule has 0 aliphatic heterocycles. The molecule has 1 aromatic rings. The summed E-state index contributed by atoms with van der Waals surface area (Å²) in [4.78, 5) is 22.6. The smallest absolute Gasteiger partial charge is 0.335 e. The van der Waals surface area contributed by atoms with Crippen LogP contribution in [0.3, 0.4) is 0 Å². The van der Waals surface area contributed by atoms with Crippen molar-refractivity contribution in [3.63, 3.8) is 0 Å². The van der Waals surface area contributed by atoms with Crippen LogP contribution in [0.4, 0.5) is 14.9 Å². The third-order valence-corrected chi connectivity index (χ3v) is 3.29. The highest BCUT2D eigenvalue weighted by Crippen LogP contribution is 2.16. The first-order valence-corrected chi connectivity index (χ1v) is 6.93. The van der Waals surface area contributed by atoms with Gasteiger partial charge in [0, 0.05) is 6.04 Å². The summed E-state index contributed by atoms with van der Waals surface area (Å²) in [6.45, 7) is 6.03. The number of amides is 2.